The summed E-state index contributed by atoms with van der Waals surface area (Å²) in [6.07, 6.45) is 0.999. The summed E-state index contributed by atoms with van der Waals surface area (Å²) in [7, 11) is 0. The molecule has 3 nitrogen and oxygen atoms in total. The monoisotopic (exact) mass is 366 g/mol. The molecule has 0 saturated heterocycles. The number of fused-ring (bicyclic) bond motifs is 1. The van der Waals surface area contributed by atoms with Gasteiger partial charge in [-0.3, -0.25) is 4.79 Å². The Hall–Kier alpha value is -2.66. The summed E-state index contributed by atoms with van der Waals surface area (Å²) in [5.74, 6) is -0.874. The van der Waals surface area contributed by atoms with Gasteiger partial charge in [0.2, 0.25) is 0 Å². The maximum atomic E-state index is 13.9. The van der Waals surface area contributed by atoms with Crippen LogP contribution in [0.15, 0.2) is 66.0 Å². The van der Waals surface area contributed by atoms with Crippen molar-refractivity contribution in [3.63, 3.8) is 0 Å². The molecule has 0 unspecified atom stereocenters. The predicted octanol–water partition coefficient (Wildman–Crippen LogP) is 4.42. The van der Waals surface area contributed by atoms with Crippen LogP contribution in [0.25, 0.3) is 0 Å². The van der Waals surface area contributed by atoms with Gasteiger partial charge in [-0.2, -0.15) is 0 Å². The summed E-state index contributed by atoms with van der Waals surface area (Å²) in [5.41, 5.74) is 2.62. The van der Waals surface area contributed by atoms with E-state index in [4.69, 9.17) is 0 Å². The average Bonchev–Trinajstić information content (AvgIpc) is 3.33. The maximum absolute atomic E-state index is 13.9. The molecule has 0 bridgehead atoms. The Kier molecular flexibility index (Phi) is 4.71. The van der Waals surface area contributed by atoms with E-state index in [0.29, 0.717) is 6.54 Å². The fourth-order valence-electron chi connectivity index (χ4n) is 3.46. The van der Waals surface area contributed by atoms with Crippen LogP contribution >= 0.6 is 11.3 Å². The molecule has 3 aromatic rings. The summed E-state index contributed by atoms with van der Waals surface area (Å²) in [5, 5.41) is 4.97. The van der Waals surface area contributed by atoms with E-state index in [1.165, 1.54) is 28.3 Å². The number of thiophene rings is 1. The first-order chi connectivity index (χ1) is 12.7. The Balaban J connectivity index is 1.56. The predicted molar refractivity (Wildman–Crippen MR) is 103 cm³/mol. The maximum Gasteiger partial charge on any atom is 0.254 e. The van der Waals surface area contributed by atoms with Crippen molar-refractivity contribution < 1.29 is 9.18 Å². The number of carbonyl (C=O) groups excluding carboxylic acids is 1. The first-order valence-electron chi connectivity index (χ1n) is 8.65. The molecule has 0 saturated carbocycles. The van der Waals surface area contributed by atoms with Crippen LogP contribution in [0, 0.1) is 5.82 Å². The lowest BCUT2D eigenvalue weighted by molar-refractivity contribution is 0.0947. The SMILES string of the molecule is O=C(NC[C@@H](c1cccs1)N1CCc2ccccc21)c1ccccc1F. The second-order valence-corrected chi connectivity index (χ2v) is 7.27. The number of para-hydroxylation sites is 1. The van der Waals surface area contributed by atoms with Gasteiger partial charge in [-0.15, -0.1) is 11.3 Å². The Labute approximate surface area is 156 Å². The number of anilines is 1. The number of nitrogens with one attached hydrogen (secondary N) is 1. The van der Waals surface area contributed by atoms with Crippen LogP contribution in [-0.4, -0.2) is 19.0 Å². The fraction of sp³-hybridized carbons (Fsp3) is 0.190. The number of carbonyl (C=O) groups is 1. The molecule has 0 radical (unpaired) electrons. The highest BCUT2D eigenvalue weighted by molar-refractivity contribution is 7.10. The summed E-state index contributed by atoms with van der Waals surface area (Å²) in [6.45, 7) is 1.35. The summed E-state index contributed by atoms with van der Waals surface area (Å²) in [6, 6.07) is 18.6. The highest BCUT2D eigenvalue weighted by Gasteiger charge is 2.28. The van der Waals surface area contributed by atoms with Gasteiger partial charge in [0, 0.05) is 23.7 Å². The third-order valence-electron chi connectivity index (χ3n) is 4.75. The van der Waals surface area contributed by atoms with Crippen LogP contribution in [0.5, 0.6) is 0 Å². The number of nitrogens with zero attached hydrogens (tertiary/aromatic N) is 1. The first kappa shape index (κ1) is 16.8. The molecule has 26 heavy (non-hydrogen) atoms. The van der Waals surface area contributed by atoms with Crippen LogP contribution in [0.3, 0.4) is 0 Å². The molecular formula is C21H19FN2OS. The smallest absolute Gasteiger partial charge is 0.254 e. The van der Waals surface area contributed by atoms with Crippen molar-refractivity contribution in [2.45, 2.75) is 12.5 Å². The third-order valence-corrected chi connectivity index (χ3v) is 5.72. The summed E-state index contributed by atoms with van der Waals surface area (Å²) < 4.78 is 13.9. The largest absolute Gasteiger partial charge is 0.361 e. The lowest BCUT2D eigenvalue weighted by atomic mass is 10.1. The highest BCUT2D eigenvalue weighted by atomic mass is 32.1. The van der Waals surface area contributed by atoms with Crippen molar-refractivity contribution >= 4 is 22.9 Å². The van der Waals surface area contributed by atoms with Crippen molar-refractivity contribution in [2.24, 2.45) is 0 Å². The average molecular weight is 366 g/mol. The molecular weight excluding hydrogens is 347 g/mol. The van der Waals surface area contributed by atoms with Gasteiger partial charge in [0.15, 0.2) is 0 Å². The van der Waals surface area contributed by atoms with E-state index in [1.54, 1.807) is 23.5 Å². The highest BCUT2D eigenvalue weighted by Crippen LogP contribution is 2.36. The summed E-state index contributed by atoms with van der Waals surface area (Å²) in [4.78, 5) is 16.0. The van der Waals surface area contributed by atoms with E-state index in [9.17, 15) is 9.18 Å². The van der Waals surface area contributed by atoms with Crippen LogP contribution in [0.2, 0.25) is 0 Å². The first-order valence-corrected chi connectivity index (χ1v) is 9.52. The minimum atomic E-state index is -0.496. The fourth-order valence-corrected chi connectivity index (χ4v) is 4.30. The lowest BCUT2D eigenvalue weighted by Crippen LogP contribution is -2.37. The van der Waals surface area contributed by atoms with Crippen molar-refractivity contribution in [1.82, 2.24) is 5.32 Å². The molecule has 4 rings (SSSR count). The van der Waals surface area contributed by atoms with Gasteiger partial charge in [-0.1, -0.05) is 36.4 Å². The number of hydrogen-bond acceptors (Lipinski definition) is 3. The standard InChI is InChI=1S/C21H19FN2OS/c22-17-8-3-2-7-16(17)21(25)23-14-19(20-10-5-13-26-20)24-12-11-15-6-1-4-9-18(15)24/h1-10,13,19H,11-12,14H2,(H,23,25)/t19-/m0/s1. The van der Waals surface area contributed by atoms with Crippen molar-refractivity contribution in [3.8, 4) is 0 Å². The van der Waals surface area contributed by atoms with Crippen molar-refractivity contribution in [3.05, 3.63) is 87.9 Å². The number of halogens is 1. The van der Waals surface area contributed by atoms with E-state index < -0.39 is 5.82 Å². The topological polar surface area (TPSA) is 32.3 Å². The summed E-state index contributed by atoms with van der Waals surface area (Å²) >= 11 is 1.68. The van der Waals surface area contributed by atoms with Gasteiger partial charge in [-0.05, 0) is 41.6 Å². The molecule has 2 aromatic carbocycles. The molecule has 1 amide bonds. The van der Waals surface area contributed by atoms with Crippen LogP contribution in [0.4, 0.5) is 10.1 Å². The minimum absolute atomic E-state index is 0.0365. The van der Waals surface area contributed by atoms with E-state index in [1.807, 2.05) is 17.5 Å². The zero-order valence-corrected chi connectivity index (χ0v) is 15.0. The quantitative estimate of drug-likeness (QED) is 0.725. The molecule has 1 N–H and O–H groups in total. The van der Waals surface area contributed by atoms with Crippen LogP contribution in [-0.2, 0) is 6.42 Å². The number of benzene rings is 2. The Morgan fingerprint density at radius 3 is 2.73 bits per heavy atom. The Morgan fingerprint density at radius 1 is 1.12 bits per heavy atom. The zero-order chi connectivity index (χ0) is 17.9. The second-order valence-electron chi connectivity index (χ2n) is 6.29. The second kappa shape index (κ2) is 7.30. The third kappa shape index (κ3) is 3.22. The lowest BCUT2D eigenvalue weighted by Gasteiger charge is -2.30. The van der Waals surface area contributed by atoms with Gasteiger partial charge in [0.05, 0.1) is 11.6 Å². The molecule has 0 fully saturated rings. The van der Waals surface area contributed by atoms with Gasteiger partial charge in [0.25, 0.3) is 5.91 Å². The van der Waals surface area contributed by atoms with Gasteiger partial charge < -0.3 is 10.2 Å². The van der Waals surface area contributed by atoms with E-state index in [0.717, 1.165) is 13.0 Å². The van der Waals surface area contributed by atoms with E-state index in [-0.39, 0.29) is 17.5 Å². The molecule has 1 aliphatic heterocycles. The molecule has 0 aliphatic carbocycles. The molecule has 1 atom stereocenters. The molecule has 2 heterocycles. The van der Waals surface area contributed by atoms with Gasteiger partial charge in [0.1, 0.15) is 5.82 Å². The number of rotatable bonds is 5. The molecule has 0 spiro atoms. The molecule has 132 valence electrons. The Morgan fingerprint density at radius 2 is 1.92 bits per heavy atom. The number of amides is 1. The Bertz CT molecular complexity index is 910. The molecule has 1 aliphatic rings. The van der Waals surface area contributed by atoms with Crippen molar-refractivity contribution in [1.29, 1.82) is 0 Å². The van der Waals surface area contributed by atoms with E-state index >= 15 is 0 Å². The molecule has 5 heteroatoms. The van der Waals surface area contributed by atoms with E-state index in [2.05, 4.69) is 34.5 Å². The zero-order valence-electron chi connectivity index (χ0n) is 14.2. The van der Waals surface area contributed by atoms with Gasteiger partial charge in [-0.25, -0.2) is 4.39 Å². The van der Waals surface area contributed by atoms with Crippen molar-refractivity contribution in [2.75, 3.05) is 18.0 Å². The minimum Gasteiger partial charge on any atom is -0.361 e. The molecule has 1 aromatic heterocycles. The normalized spacial score (nSPS) is 14.1. The number of hydrogen-bond donors (Lipinski definition) is 1. The van der Waals surface area contributed by atoms with Gasteiger partial charge >= 0.3 is 0 Å². The van der Waals surface area contributed by atoms with Crippen LogP contribution in [0.1, 0.15) is 26.8 Å². The van der Waals surface area contributed by atoms with Crippen LogP contribution < -0.4 is 10.2 Å².